The molecule has 1 spiro atoms. The molecular formula is C12H16N2O. The largest absolute Gasteiger partial charge is 0.485 e. The fourth-order valence-corrected chi connectivity index (χ4v) is 2.65. The predicted octanol–water partition coefficient (Wildman–Crippen LogP) is 1.20. The SMILES string of the molecule is N[C@H]1CC2(CCNC2)Oc2ccccc21. The van der Waals surface area contributed by atoms with E-state index in [-0.39, 0.29) is 11.6 Å². The number of benzene rings is 1. The van der Waals surface area contributed by atoms with Gasteiger partial charge in [-0.15, -0.1) is 0 Å². The lowest BCUT2D eigenvalue weighted by Gasteiger charge is -2.38. The molecule has 0 aromatic heterocycles. The quantitative estimate of drug-likeness (QED) is 0.667. The average Bonchev–Trinajstić information content (AvgIpc) is 2.66. The zero-order valence-electron chi connectivity index (χ0n) is 8.70. The monoisotopic (exact) mass is 204 g/mol. The molecule has 0 bridgehead atoms. The third-order valence-corrected chi connectivity index (χ3v) is 3.44. The molecule has 80 valence electrons. The number of rotatable bonds is 0. The molecule has 2 aliphatic rings. The van der Waals surface area contributed by atoms with Crippen LogP contribution in [0.25, 0.3) is 0 Å². The van der Waals surface area contributed by atoms with Crippen LogP contribution in [-0.4, -0.2) is 18.7 Å². The van der Waals surface area contributed by atoms with Crippen LogP contribution in [0.4, 0.5) is 0 Å². The normalized spacial score (nSPS) is 33.8. The van der Waals surface area contributed by atoms with Gasteiger partial charge in [-0.25, -0.2) is 0 Å². The molecule has 3 nitrogen and oxygen atoms in total. The number of ether oxygens (including phenoxy) is 1. The maximum Gasteiger partial charge on any atom is 0.124 e. The molecule has 2 atom stereocenters. The van der Waals surface area contributed by atoms with E-state index in [0.29, 0.717) is 0 Å². The van der Waals surface area contributed by atoms with Crippen molar-refractivity contribution in [3.8, 4) is 5.75 Å². The number of fused-ring (bicyclic) bond motifs is 1. The molecule has 0 amide bonds. The van der Waals surface area contributed by atoms with Crippen LogP contribution in [-0.2, 0) is 0 Å². The topological polar surface area (TPSA) is 47.3 Å². The first-order chi connectivity index (χ1) is 7.29. The summed E-state index contributed by atoms with van der Waals surface area (Å²) in [7, 11) is 0. The highest BCUT2D eigenvalue weighted by atomic mass is 16.5. The van der Waals surface area contributed by atoms with Crippen molar-refractivity contribution in [2.45, 2.75) is 24.5 Å². The predicted molar refractivity (Wildman–Crippen MR) is 58.8 cm³/mol. The van der Waals surface area contributed by atoms with Crippen LogP contribution in [0.15, 0.2) is 24.3 Å². The maximum atomic E-state index is 6.19. The van der Waals surface area contributed by atoms with E-state index in [0.717, 1.165) is 37.2 Å². The van der Waals surface area contributed by atoms with E-state index in [1.165, 1.54) is 0 Å². The van der Waals surface area contributed by atoms with Crippen LogP contribution < -0.4 is 15.8 Å². The fraction of sp³-hybridized carbons (Fsp3) is 0.500. The summed E-state index contributed by atoms with van der Waals surface area (Å²) in [6, 6.07) is 8.23. The highest BCUT2D eigenvalue weighted by molar-refractivity contribution is 5.39. The smallest absolute Gasteiger partial charge is 0.124 e. The molecule has 3 N–H and O–H groups in total. The standard InChI is InChI=1S/C12H16N2O/c13-10-7-12(5-6-14-8-12)15-11-4-2-1-3-9(10)11/h1-4,10,14H,5-8,13H2/t10-,12?/m0/s1. The molecule has 1 saturated heterocycles. The van der Waals surface area contributed by atoms with Crippen LogP contribution in [0.5, 0.6) is 5.75 Å². The molecule has 2 aliphatic heterocycles. The molecule has 1 fully saturated rings. The molecular weight excluding hydrogens is 188 g/mol. The average molecular weight is 204 g/mol. The van der Waals surface area contributed by atoms with Crippen LogP contribution in [0.2, 0.25) is 0 Å². The van der Waals surface area contributed by atoms with E-state index >= 15 is 0 Å². The lowest BCUT2D eigenvalue weighted by atomic mass is 9.87. The Hall–Kier alpha value is -1.06. The molecule has 3 rings (SSSR count). The lowest BCUT2D eigenvalue weighted by molar-refractivity contribution is 0.0553. The Labute approximate surface area is 89.6 Å². The lowest BCUT2D eigenvalue weighted by Crippen LogP contribution is -2.44. The second-order valence-corrected chi connectivity index (χ2v) is 4.56. The van der Waals surface area contributed by atoms with E-state index < -0.39 is 0 Å². The Morgan fingerprint density at radius 1 is 1.40 bits per heavy atom. The molecule has 0 radical (unpaired) electrons. The molecule has 0 aliphatic carbocycles. The van der Waals surface area contributed by atoms with Gasteiger partial charge in [0.25, 0.3) is 0 Å². The van der Waals surface area contributed by atoms with Gasteiger partial charge in [-0.1, -0.05) is 18.2 Å². The molecule has 2 heterocycles. The number of hydrogen-bond acceptors (Lipinski definition) is 3. The van der Waals surface area contributed by atoms with Crippen molar-refractivity contribution in [1.82, 2.24) is 5.32 Å². The Morgan fingerprint density at radius 2 is 2.27 bits per heavy atom. The number of nitrogens with one attached hydrogen (secondary N) is 1. The van der Waals surface area contributed by atoms with E-state index in [9.17, 15) is 0 Å². The van der Waals surface area contributed by atoms with Gasteiger partial charge in [0.2, 0.25) is 0 Å². The maximum absolute atomic E-state index is 6.19. The Kier molecular flexibility index (Phi) is 1.97. The highest BCUT2D eigenvalue weighted by Gasteiger charge is 2.41. The summed E-state index contributed by atoms with van der Waals surface area (Å²) >= 11 is 0. The Bertz CT molecular complexity index is 372. The van der Waals surface area contributed by atoms with Crippen molar-refractivity contribution >= 4 is 0 Å². The van der Waals surface area contributed by atoms with Crippen LogP contribution >= 0.6 is 0 Å². The zero-order valence-corrected chi connectivity index (χ0v) is 8.70. The van der Waals surface area contributed by atoms with Gasteiger partial charge in [0.15, 0.2) is 0 Å². The summed E-state index contributed by atoms with van der Waals surface area (Å²) in [6.07, 6.45) is 1.99. The summed E-state index contributed by atoms with van der Waals surface area (Å²) in [5, 5.41) is 3.35. The van der Waals surface area contributed by atoms with E-state index in [1.54, 1.807) is 0 Å². The first-order valence-electron chi connectivity index (χ1n) is 5.53. The van der Waals surface area contributed by atoms with Gasteiger partial charge in [-0.05, 0) is 12.6 Å². The summed E-state index contributed by atoms with van der Waals surface area (Å²) < 4.78 is 6.11. The van der Waals surface area contributed by atoms with Crippen molar-refractivity contribution in [2.75, 3.05) is 13.1 Å². The molecule has 3 heteroatoms. The van der Waals surface area contributed by atoms with E-state index in [4.69, 9.17) is 10.5 Å². The molecule has 0 saturated carbocycles. The minimum atomic E-state index is -0.0478. The van der Waals surface area contributed by atoms with Gasteiger partial charge in [0.05, 0.1) is 0 Å². The second-order valence-electron chi connectivity index (χ2n) is 4.56. The summed E-state index contributed by atoms with van der Waals surface area (Å²) in [5.41, 5.74) is 7.29. The second kappa shape index (κ2) is 3.22. The van der Waals surface area contributed by atoms with Gasteiger partial charge >= 0.3 is 0 Å². The van der Waals surface area contributed by atoms with Crippen molar-refractivity contribution in [2.24, 2.45) is 5.73 Å². The van der Waals surface area contributed by atoms with Crippen LogP contribution in [0, 0.1) is 0 Å². The first kappa shape index (κ1) is 9.19. The van der Waals surface area contributed by atoms with Gasteiger partial charge in [-0.2, -0.15) is 0 Å². The van der Waals surface area contributed by atoms with Crippen molar-refractivity contribution in [1.29, 1.82) is 0 Å². The minimum absolute atomic E-state index is 0.0478. The molecule has 1 aromatic carbocycles. The summed E-state index contributed by atoms with van der Waals surface area (Å²) in [4.78, 5) is 0. The first-order valence-corrected chi connectivity index (χ1v) is 5.53. The minimum Gasteiger partial charge on any atom is -0.485 e. The Morgan fingerprint density at radius 3 is 3.07 bits per heavy atom. The van der Waals surface area contributed by atoms with Crippen molar-refractivity contribution < 1.29 is 4.74 Å². The highest BCUT2D eigenvalue weighted by Crippen LogP contribution is 2.40. The van der Waals surface area contributed by atoms with E-state index in [2.05, 4.69) is 11.4 Å². The third-order valence-electron chi connectivity index (χ3n) is 3.44. The number of hydrogen-bond donors (Lipinski definition) is 2. The van der Waals surface area contributed by atoms with Crippen molar-refractivity contribution in [3.63, 3.8) is 0 Å². The fourth-order valence-electron chi connectivity index (χ4n) is 2.65. The summed E-state index contributed by atoms with van der Waals surface area (Å²) in [5.74, 6) is 0.972. The van der Waals surface area contributed by atoms with Gasteiger partial charge in [0.1, 0.15) is 11.4 Å². The van der Waals surface area contributed by atoms with Gasteiger partial charge < -0.3 is 15.8 Å². The molecule has 1 unspecified atom stereocenters. The third kappa shape index (κ3) is 1.43. The van der Waals surface area contributed by atoms with Gasteiger partial charge in [-0.3, -0.25) is 0 Å². The summed E-state index contributed by atoms with van der Waals surface area (Å²) in [6.45, 7) is 1.96. The Balaban J connectivity index is 1.98. The van der Waals surface area contributed by atoms with E-state index in [1.807, 2.05) is 18.2 Å². The molecule has 15 heavy (non-hydrogen) atoms. The van der Waals surface area contributed by atoms with Crippen LogP contribution in [0.3, 0.4) is 0 Å². The van der Waals surface area contributed by atoms with Gasteiger partial charge in [0, 0.05) is 31.0 Å². The zero-order chi connectivity index (χ0) is 10.3. The van der Waals surface area contributed by atoms with Crippen LogP contribution in [0.1, 0.15) is 24.4 Å². The number of para-hydroxylation sites is 1. The molecule has 1 aromatic rings. The number of nitrogens with two attached hydrogens (primary N) is 1. The van der Waals surface area contributed by atoms with Crippen molar-refractivity contribution in [3.05, 3.63) is 29.8 Å².